The smallest absolute Gasteiger partial charge is 0.191 e. The Morgan fingerprint density at radius 2 is 2.00 bits per heavy atom. The van der Waals surface area contributed by atoms with Crippen molar-refractivity contribution in [1.82, 2.24) is 10.3 Å². The highest BCUT2D eigenvalue weighted by Gasteiger charge is 2.09. The standard InChI is InChI=1S/C11H11N5.C4H8N2O/c12-6-5-9-10(16-11(13)14)7-3-1-2-4-8(7)15-9;5-1-2-6-3-4-7/h1-4,15H,5H2,(H4,13,14,16);6-7H,2-4H2. The van der Waals surface area contributed by atoms with Crippen molar-refractivity contribution in [2.24, 2.45) is 16.5 Å². The zero-order chi connectivity index (χ0) is 17.1. The quantitative estimate of drug-likeness (QED) is 0.230. The molecule has 2 rings (SSSR count). The molecule has 7 N–H and O–H groups in total. The Morgan fingerprint density at radius 3 is 2.61 bits per heavy atom. The van der Waals surface area contributed by atoms with Gasteiger partial charge in [-0.2, -0.15) is 10.5 Å². The molecule has 1 heterocycles. The van der Waals surface area contributed by atoms with Crippen LogP contribution < -0.4 is 16.8 Å². The number of aliphatic imine (C=N–C) groups is 1. The van der Waals surface area contributed by atoms with E-state index in [9.17, 15) is 0 Å². The average molecular weight is 313 g/mol. The van der Waals surface area contributed by atoms with Crippen molar-refractivity contribution >= 4 is 22.5 Å². The Labute approximate surface area is 134 Å². The number of benzene rings is 1. The number of aliphatic hydroxyl groups excluding tert-OH is 1. The van der Waals surface area contributed by atoms with E-state index < -0.39 is 0 Å². The fourth-order valence-corrected chi connectivity index (χ4v) is 1.87. The summed E-state index contributed by atoms with van der Waals surface area (Å²) in [6.45, 7) is 0.926. The number of nitriles is 2. The highest BCUT2D eigenvalue weighted by atomic mass is 16.3. The molecule has 0 saturated heterocycles. The summed E-state index contributed by atoms with van der Waals surface area (Å²) in [6.07, 6.45) is 0.251. The number of fused-ring (bicyclic) bond motifs is 1. The predicted molar refractivity (Wildman–Crippen MR) is 88.7 cm³/mol. The van der Waals surface area contributed by atoms with Crippen molar-refractivity contribution in [2.75, 3.05) is 19.7 Å². The molecule has 0 fully saturated rings. The van der Waals surface area contributed by atoms with E-state index >= 15 is 0 Å². The summed E-state index contributed by atoms with van der Waals surface area (Å²) < 4.78 is 0. The molecule has 0 amide bonds. The molecule has 0 aliphatic heterocycles. The lowest BCUT2D eigenvalue weighted by Gasteiger charge is -1.95. The van der Waals surface area contributed by atoms with Gasteiger partial charge < -0.3 is 26.9 Å². The first-order valence-corrected chi connectivity index (χ1v) is 6.88. The van der Waals surface area contributed by atoms with Gasteiger partial charge in [0.05, 0.1) is 43.1 Å². The monoisotopic (exact) mass is 313 g/mol. The van der Waals surface area contributed by atoms with Crippen molar-refractivity contribution < 1.29 is 5.11 Å². The first-order valence-electron chi connectivity index (χ1n) is 6.88. The van der Waals surface area contributed by atoms with E-state index in [1.54, 1.807) is 0 Å². The van der Waals surface area contributed by atoms with E-state index in [1.165, 1.54) is 0 Å². The molecule has 0 spiro atoms. The number of para-hydroxylation sites is 1. The van der Waals surface area contributed by atoms with Gasteiger partial charge in [0, 0.05) is 17.4 Å². The van der Waals surface area contributed by atoms with Gasteiger partial charge in [0.2, 0.25) is 0 Å². The SMILES string of the molecule is N#CCNCCO.N#CCc1[nH]c2ccccc2c1N=C(N)N. The van der Waals surface area contributed by atoms with Crippen molar-refractivity contribution in [3.05, 3.63) is 30.0 Å². The van der Waals surface area contributed by atoms with E-state index in [0.29, 0.717) is 18.8 Å². The van der Waals surface area contributed by atoms with Gasteiger partial charge in [0.1, 0.15) is 0 Å². The molecular formula is C15H19N7O. The summed E-state index contributed by atoms with van der Waals surface area (Å²) in [7, 11) is 0. The number of hydrogen-bond acceptors (Lipinski definition) is 5. The van der Waals surface area contributed by atoms with E-state index in [4.69, 9.17) is 27.1 Å². The predicted octanol–water partition coefficient (Wildman–Crippen LogP) is 0.231. The highest BCUT2D eigenvalue weighted by molar-refractivity contribution is 5.95. The van der Waals surface area contributed by atoms with Crippen LogP contribution >= 0.6 is 0 Å². The number of H-pyrrole nitrogens is 1. The van der Waals surface area contributed by atoms with Crippen LogP contribution in [-0.4, -0.2) is 35.7 Å². The first kappa shape index (κ1) is 18.0. The van der Waals surface area contributed by atoms with Gasteiger partial charge in [-0.15, -0.1) is 0 Å². The topological polar surface area (TPSA) is 160 Å². The average Bonchev–Trinajstić information content (AvgIpc) is 2.86. The number of nitrogens with one attached hydrogen (secondary N) is 2. The van der Waals surface area contributed by atoms with Crippen molar-refractivity contribution in [3.63, 3.8) is 0 Å². The molecule has 0 unspecified atom stereocenters. The van der Waals surface area contributed by atoms with Crippen LogP contribution in [0.4, 0.5) is 5.69 Å². The number of aromatic nitrogens is 1. The van der Waals surface area contributed by atoms with Crippen molar-refractivity contribution in [1.29, 1.82) is 10.5 Å². The van der Waals surface area contributed by atoms with Crippen LogP contribution in [0, 0.1) is 22.7 Å². The molecule has 8 heteroatoms. The van der Waals surface area contributed by atoms with Crippen LogP contribution in [0.3, 0.4) is 0 Å². The molecule has 0 atom stereocenters. The van der Waals surface area contributed by atoms with Crippen molar-refractivity contribution in [3.8, 4) is 12.1 Å². The van der Waals surface area contributed by atoms with Crippen LogP contribution in [0.25, 0.3) is 10.9 Å². The van der Waals surface area contributed by atoms with Gasteiger partial charge in [-0.3, -0.25) is 0 Å². The Kier molecular flexibility index (Phi) is 7.65. The minimum atomic E-state index is -0.0102. The third-order valence-corrected chi connectivity index (χ3v) is 2.74. The lowest BCUT2D eigenvalue weighted by Crippen LogP contribution is -2.22. The molecule has 0 bridgehead atoms. The van der Waals surface area contributed by atoms with E-state index in [-0.39, 0.29) is 19.0 Å². The minimum absolute atomic E-state index is 0.0102. The zero-order valence-corrected chi connectivity index (χ0v) is 12.6. The molecule has 0 aliphatic rings. The van der Waals surface area contributed by atoms with Crippen LogP contribution in [0.1, 0.15) is 5.69 Å². The molecule has 8 nitrogen and oxygen atoms in total. The summed E-state index contributed by atoms with van der Waals surface area (Å²) in [4.78, 5) is 7.19. The van der Waals surface area contributed by atoms with Crippen molar-refractivity contribution in [2.45, 2.75) is 6.42 Å². The molecule has 120 valence electrons. The molecule has 0 aliphatic carbocycles. The zero-order valence-electron chi connectivity index (χ0n) is 12.6. The lowest BCUT2D eigenvalue weighted by atomic mass is 10.2. The Balaban J connectivity index is 0.000000322. The largest absolute Gasteiger partial charge is 0.395 e. The summed E-state index contributed by atoms with van der Waals surface area (Å²) in [5.74, 6) is -0.0102. The Morgan fingerprint density at radius 1 is 1.26 bits per heavy atom. The van der Waals surface area contributed by atoms with Crippen LogP contribution in [0.5, 0.6) is 0 Å². The number of guanidine groups is 1. The highest BCUT2D eigenvalue weighted by Crippen LogP contribution is 2.30. The molecule has 1 aromatic heterocycles. The third kappa shape index (κ3) is 5.67. The van der Waals surface area contributed by atoms with Gasteiger partial charge in [-0.05, 0) is 6.07 Å². The van der Waals surface area contributed by atoms with Gasteiger partial charge in [0.15, 0.2) is 5.96 Å². The third-order valence-electron chi connectivity index (χ3n) is 2.74. The maximum absolute atomic E-state index is 8.72. The number of aliphatic hydroxyl groups is 1. The van der Waals surface area contributed by atoms with Crippen LogP contribution in [0.15, 0.2) is 29.3 Å². The Bertz CT molecular complexity index is 732. The second-order valence-electron chi connectivity index (χ2n) is 4.43. The molecule has 0 radical (unpaired) electrons. The first-order chi connectivity index (χ1) is 11.1. The van der Waals surface area contributed by atoms with E-state index in [1.807, 2.05) is 30.3 Å². The minimum Gasteiger partial charge on any atom is -0.395 e. The number of nitrogens with zero attached hydrogens (tertiary/aromatic N) is 3. The molecule has 23 heavy (non-hydrogen) atoms. The van der Waals surface area contributed by atoms with E-state index in [0.717, 1.165) is 16.6 Å². The second-order valence-corrected chi connectivity index (χ2v) is 4.43. The number of nitrogens with two attached hydrogens (primary N) is 2. The van der Waals surface area contributed by atoms with Gasteiger partial charge >= 0.3 is 0 Å². The van der Waals surface area contributed by atoms with Crippen LogP contribution in [-0.2, 0) is 6.42 Å². The number of hydrogen-bond donors (Lipinski definition) is 5. The number of aromatic amines is 1. The molecule has 1 aromatic carbocycles. The summed E-state index contributed by atoms with van der Waals surface area (Å²) in [6, 6.07) is 11.6. The molecule has 2 aromatic rings. The maximum Gasteiger partial charge on any atom is 0.191 e. The van der Waals surface area contributed by atoms with Gasteiger partial charge in [-0.1, -0.05) is 18.2 Å². The second kappa shape index (κ2) is 9.79. The fraction of sp³-hybridized carbons (Fsp3) is 0.267. The lowest BCUT2D eigenvalue weighted by molar-refractivity contribution is 0.295. The number of rotatable bonds is 5. The Hall–Kier alpha value is -3.07. The maximum atomic E-state index is 8.72. The van der Waals surface area contributed by atoms with E-state index in [2.05, 4.69) is 21.4 Å². The van der Waals surface area contributed by atoms with Crippen LogP contribution in [0.2, 0.25) is 0 Å². The van der Waals surface area contributed by atoms with Gasteiger partial charge in [-0.25, -0.2) is 4.99 Å². The summed E-state index contributed by atoms with van der Waals surface area (Å²) >= 11 is 0. The molecule has 0 saturated carbocycles. The van der Waals surface area contributed by atoms with Gasteiger partial charge in [0.25, 0.3) is 0 Å². The fourth-order valence-electron chi connectivity index (χ4n) is 1.87. The molecular weight excluding hydrogens is 294 g/mol. The normalized spacial score (nSPS) is 9.35. The summed E-state index contributed by atoms with van der Waals surface area (Å²) in [5.41, 5.74) is 13.0. The summed E-state index contributed by atoms with van der Waals surface area (Å²) in [5, 5.41) is 28.3.